The van der Waals surface area contributed by atoms with Crippen LogP contribution in [0.1, 0.15) is 104 Å². The Bertz CT molecular complexity index is 2750. The molecule has 2 aliphatic rings. The van der Waals surface area contributed by atoms with E-state index in [9.17, 15) is 44.5 Å². The molecule has 0 aliphatic carbocycles. The van der Waals surface area contributed by atoms with Crippen molar-refractivity contribution >= 4 is 63.5 Å². The fourth-order valence-electron chi connectivity index (χ4n) is 8.68. The molecule has 4 aromatic carbocycles. The Balaban J connectivity index is 1.61. The van der Waals surface area contributed by atoms with Gasteiger partial charge in [-0.2, -0.15) is 0 Å². The van der Waals surface area contributed by atoms with E-state index < -0.39 is 76.3 Å². The van der Waals surface area contributed by atoms with E-state index in [1.807, 2.05) is 19.2 Å². The van der Waals surface area contributed by atoms with E-state index in [4.69, 9.17) is 20.3 Å². The lowest BCUT2D eigenvalue weighted by atomic mass is 9.78. The highest BCUT2D eigenvalue weighted by atomic mass is 32.2. The molecule has 2 aliphatic heterocycles. The number of carboxylic acid groups (broad SMARTS) is 1. The smallest absolute Gasteiger partial charge is 0.353 e. The number of fused-ring (bicyclic) bond motifs is 1. The summed E-state index contributed by atoms with van der Waals surface area (Å²) in [4.78, 5) is 76.7. The number of nitrogens with two attached hydrogens (primary N) is 2. The van der Waals surface area contributed by atoms with E-state index in [2.05, 4.69) is 54.6 Å². The van der Waals surface area contributed by atoms with E-state index >= 15 is 0 Å². The van der Waals surface area contributed by atoms with E-state index in [0.29, 0.717) is 27.2 Å². The maximum Gasteiger partial charge on any atom is 0.353 e. The second kappa shape index (κ2) is 18.7. The SMILES string of the molecule is CC(C)(C)[Si](C)(C)O[C@](CC1=C(C(=O)O)N2C(=O)CC2(C[C@](Cc2ccc([N+](=O)[O-])cc2)(O[Si](C)(C)C(C)(C)C)c2cccc(C(N)=O)c2)S1)(Cc1ccc([N+](=O)[O-])cc1)c1cccc(C(N)=O)c1. The normalized spacial score (nSPS) is 18.2. The van der Waals surface area contributed by atoms with Crippen molar-refractivity contribution in [2.24, 2.45) is 11.5 Å². The first-order valence-electron chi connectivity index (χ1n) is 22.5. The number of hydrogen-bond acceptors (Lipinski definition) is 11. The highest BCUT2D eigenvalue weighted by Gasteiger charge is 2.64. The van der Waals surface area contributed by atoms with Gasteiger partial charge in [-0.3, -0.25) is 39.5 Å². The molecule has 0 radical (unpaired) electrons. The molecule has 0 aromatic heterocycles. The van der Waals surface area contributed by atoms with E-state index in [1.54, 1.807) is 66.7 Å². The molecule has 1 fully saturated rings. The quantitative estimate of drug-likeness (QED) is 0.0344. The Kier molecular flexibility index (Phi) is 14.2. The van der Waals surface area contributed by atoms with Crippen LogP contribution in [0.4, 0.5) is 11.4 Å². The van der Waals surface area contributed by atoms with Crippen molar-refractivity contribution in [1.82, 2.24) is 4.90 Å². The standard InChI is InChI=1S/C50H61N5O11SSi2/c1-46(2,3)68(7,8)65-48(36-15-11-13-34(25-36)43(51)57,27-32-17-21-38(22-18-32)54(61)62)29-40-42(45(59)60)53-41(56)30-50(53,67-40)31-49(66-69(9,10)47(4,5)6,37-16-12-14-35(26-37)44(52)58)28-33-19-23-39(24-20-33)55(63)64/h11-26H,27-31H2,1-10H3,(H2,51,57)(H2,52,58)(H,59,60)/t48-,49-,50?/m0/s1. The lowest BCUT2D eigenvalue weighted by molar-refractivity contribution is -0.385. The summed E-state index contributed by atoms with van der Waals surface area (Å²) < 4.78 is 15.2. The number of hydrogen-bond donors (Lipinski definition) is 3. The van der Waals surface area contributed by atoms with Crippen LogP contribution in [0.2, 0.25) is 36.3 Å². The number of nitro benzene ring substituents is 2. The summed E-state index contributed by atoms with van der Waals surface area (Å²) in [7, 11) is -5.78. The van der Waals surface area contributed by atoms with Crippen LogP contribution < -0.4 is 11.5 Å². The van der Waals surface area contributed by atoms with Crippen molar-refractivity contribution in [1.29, 1.82) is 0 Å². The number of thioether (sulfide) groups is 1. The molecule has 0 saturated carbocycles. The molecule has 3 amide bonds. The molecular formula is C50H61N5O11SSi2. The van der Waals surface area contributed by atoms with Crippen molar-refractivity contribution < 1.29 is 43.0 Å². The molecule has 69 heavy (non-hydrogen) atoms. The van der Waals surface area contributed by atoms with Gasteiger partial charge in [-0.15, -0.1) is 0 Å². The fourth-order valence-corrected chi connectivity index (χ4v) is 13.6. The zero-order chi connectivity index (χ0) is 51.3. The van der Waals surface area contributed by atoms with Crippen molar-refractivity contribution in [3.05, 3.63) is 161 Å². The van der Waals surface area contributed by atoms with Crippen molar-refractivity contribution in [3.8, 4) is 0 Å². The Morgan fingerprint density at radius 2 is 1.10 bits per heavy atom. The van der Waals surface area contributed by atoms with Crippen LogP contribution >= 0.6 is 11.8 Å². The van der Waals surface area contributed by atoms with Crippen LogP contribution in [-0.4, -0.2) is 65.0 Å². The fraction of sp³-hybridized carbons (Fsp3) is 0.400. The van der Waals surface area contributed by atoms with Gasteiger partial charge in [0.05, 0.1) is 27.5 Å². The summed E-state index contributed by atoms with van der Waals surface area (Å²) >= 11 is 1.23. The zero-order valence-electron chi connectivity index (χ0n) is 40.7. The van der Waals surface area contributed by atoms with Crippen LogP contribution in [0.3, 0.4) is 0 Å². The molecule has 3 atom stereocenters. The number of nitro groups is 2. The Labute approximate surface area is 408 Å². The van der Waals surface area contributed by atoms with E-state index in [-0.39, 0.29) is 60.3 Å². The van der Waals surface area contributed by atoms with Crippen molar-refractivity contribution in [2.75, 3.05) is 0 Å². The third-order valence-electron chi connectivity index (χ3n) is 14.2. The number of aliphatic carboxylic acids is 1. The predicted molar refractivity (Wildman–Crippen MR) is 269 cm³/mol. The minimum atomic E-state index is -2.90. The molecule has 0 spiro atoms. The summed E-state index contributed by atoms with van der Waals surface area (Å²) in [5, 5.41) is 34.1. The summed E-state index contributed by atoms with van der Waals surface area (Å²) in [6.45, 7) is 20.6. The number of benzene rings is 4. The van der Waals surface area contributed by atoms with Crippen LogP contribution in [0.25, 0.3) is 0 Å². The first-order chi connectivity index (χ1) is 31.8. The zero-order valence-corrected chi connectivity index (χ0v) is 43.5. The van der Waals surface area contributed by atoms with E-state index in [1.165, 1.54) is 40.9 Å². The monoisotopic (exact) mass is 995 g/mol. The Morgan fingerprint density at radius 1 is 0.696 bits per heavy atom. The van der Waals surface area contributed by atoms with Crippen molar-refractivity contribution in [3.63, 3.8) is 0 Å². The topological polar surface area (TPSA) is 249 Å². The predicted octanol–water partition coefficient (Wildman–Crippen LogP) is 10.1. The average Bonchev–Trinajstić information content (AvgIpc) is 3.49. The first-order valence-corrected chi connectivity index (χ1v) is 29.1. The largest absolute Gasteiger partial charge is 0.477 e. The number of carbonyl (C=O) groups excluding carboxylic acids is 3. The highest BCUT2D eigenvalue weighted by Crippen LogP contribution is 2.63. The molecule has 16 nitrogen and oxygen atoms in total. The Morgan fingerprint density at radius 3 is 1.48 bits per heavy atom. The second-order valence-corrected chi connectivity index (χ2v) is 32.1. The van der Waals surface area contributed by atoms with Crippen LogP contribution in [0, 0.1) is 20.2 Å². The molecule has 1 saturated heterocycles. The number of amides is 3. The number of non-ortho nitro benzene ring substituents is 2. The second-order valence-electron chi connectivity index (χ2n) is 21.2. The summed E-state index contributed by atoms with van der Waals surface area (Å²) in [5.74, 6) is -3.20. The third kappa shape index (κ3) is 10.6. The van der Waals surface area contributed by atoms with Gasteiger partial charge in [-0.25, -0.2) is 4.79 Å². The maximum absolute atomic E-state index is 14.3. The lowest BCUT2D eigenvalue weighted by Gasteiger charge is -2.54. The van der Waals surface area contributed by atoms with Crippen LogP contribution in [-0.2, 0) is 42.5 Å². The lowest BCUT2D eigenvalue weighted by Crippen LogP contribution is -2.63. The molecular weight excluding hydrogens is 935 g/mol. The van der Waals surface area contributed by atoms with Crippen LogP contribution in [0.15, 0.2) is 108 Å². The maximum atomic E-state index is 14.3. The summed E-state index contributed by atoms with van der Waals surface area (Å²) in [6.07, 6.45) is -0.0630. The molecule has 5 N–H and O–H groups in total. The van der Waals surface area contributed by atoms with Gasteiger partial charge in [0.1, 0.15) is 10.6 Å². The number of rotatable bonds is 19. The number of nitrogens with zero attached hydrogens (tertiary/aromatic N) is 3. The van der Waals surface area contributed by atoms with Gasteiger partial charge >= 0.3 is 5.97 Å². The van der Waals surface area contributed by atoms with E-state index in [0.717, 1.165) is 0 Å². The molecule has 0 bridgehead atoms. The number of primary amides is 2. The van der Waals surface area contributed by atoms with Gasteiger partial charge in [0.15, 0.2) is 16.6 Å². The minimum absolute atomic E-state index is 0.00198. The molecule has 6 rings (SSSR count). The summed E-state index contributed by atoms with van der Waals surface area (Å²) in [5.41, 5.74) is 11.1. The molecule has 366 valence electrons. The third-order valence-corrected chi connectivity index (χ3v) is 24.7. The number of β-lactam (4-membered cyclic amide) rings is 1. The van der Waals surface area contributed by atoms with Gasteiger partial charge in [0, 0.05) is 66.0 Å². The van der Waals surface area contributed by atoms with Gasteiger partial charge in [0.2, 0.25) is 17.7 Å². The first kappa shape index (κ1) is 52.4. The summed E-state index contributed by atoms with van der Waals surface area (Å²) in [6, 6.07) is 25.5. The molecule has 2 heterocycles. The van der Waals surface area contributed by atoms with Crippen LogP contribution in [0.5, 0.6) is 0 Å². The van der Waals surface area contributed by atoms with Gasteiger partial charge in [0.25, 0.3) is 11.4 Å². The van der Waals surface area contributed by atoms with Gasteiger partial charge in [-0.1, -0.05) is 102 Å². The molecule has 4 aromatic rings. The van der Waals surface area contributed by atoms with Gasteiger partial charge in [-0.05, 0) is 82.8 Å². The van der Waals surface area contributed by atoms with Gasteiger partial charge < -0.3 is 25.4 Å². The molecule has 19 heteroatoms. The number of carboxylic acids is 1. The average molecular weight is 996 g/mol. The van der Waals surface area contributed by atoms with Crippen molar-refractivity contribution in [2.45, 2.75) is 126 Å². The highest BCUT2D eigenvalue weighted by molar-refractivity contribution is 8.04. The Hall–Kier alpha value is -6.00. The number of carbonyl (C=O) groups is 4. The molecule has 1 unspecified atom stereocenters. The minimum Gasteiger partial charge on any atom is -0.477 e.